The molecule has 0 spiro atoms. The lowest BCUT2D eigenvalue weighted by Gasteiger charge is -2.38. The fourth-order valence-corrected chi connectivity index (χ4v) is 4.39. The lowest BCUT2D eigenvalue weighted by atomic mass is 10.0. The molecule has 2 aromatic rings. The number of hydrogen-bond acceptors (Lipinski definition) is 3. The van der Waals surface area contributed by atoms with Crippen molar-refractivity contribution in [3.05, 3.63) is 71.8 Å². The highest BCUT2D eigenvalue weighted by Crippen LogP contribution is 2.52. The van der Waals surface area contributed by atoms with Crippen molar-refractivity contribution in [1.29, 1.82) is 0 Å². The zero-order valence-corrected chi connectivity index (χ0v) is 15.9. The number of hydrogen-bond donors (Lipinski definition) is 0. The first-order valence-electron chi connectivity index (χ1n) is 8.63. The minimum atomic E-state index is -1.12. The Kier molecular flexibility index (Phi) is 7.87. The third-order valence-electron chi connectivity index (χ3n) is 4.03. The zero-order valence-electron chi connectivity index (χ0n) is 15.1. The summed E-state index contributed by atoms with van der Waals surface area (Å²) >= 11 is 0. The summed E-state index contributed by atoms with van der Waals surface area (Å²) in [5.74, 6) is 0. The number of benzene rings is 2. The Morgan fingerprint density at radius 3 is 1.46 bits per heavy atom. The Hall–Kier alpha value is -1.25. The van der Waals surface area contributed by atoms with Gasteiger partial charge in [0.15, 0.2) is 0 Å². The first kappa shape index (κ1) is 19.1. The summed E-state index contributed by atoms with van der Waals surface area (Å²) < 4.78 is 14.4. The van der Waals surface area contributed by atoms with E-state index in [0.29, 0.717) is 13.2 Å². The topological polar surface area (TPSA) is 21.7 Å². The summed E-state index contributed by atoms with van der Waals surface area (Å²) in [6, 6.07) is 21.5. The molecule has 0 aliphatic rings. The second kappa shape index (κ2) is 9.90. The smallest absolute Gasteiger partial charge is 0.259 e. The van der Waals surface area contributed by atoms with Gasteiger partial charge >= 0.3 is 0 Å². The van der Waals surface area contributed by atoms with Gasteiger partial charge in [-0.3, -0.25) is 0 Å². The molecule has 0 saturated heterocycles. The monoisotopic (exact) mass is 345 g/mol. The molecule has 2 atom stereocenters. The summed E-state index contributed by atoms with van der Waals surface area (Å²) in [6.07, 6.45) is 0. The summed E-state index contributed by atoms with van der Waals surface area (Å²) in [4.78, 5) is 0. The van der Waals surface area contributed by atoms with Crippen LogP contribution in [0.1, 0.15) is 50.9 Å². The molecule has 0 saturated carbocycles. The molecule has 4 heteroatoms. The Morgan fingerprint density at radius 1 is 0.750 bits per heavy atom. The highest BCUT2D eigenvalue weighted by molar-refractivity contribution is 7.44. The van der Waals surface area contributed by atoms with E-state index >= 15 is 0 Å². The van der Waals surface area contributed by atoms with E-state index in [1.807, 2.05) is 13.8 Å². The third-order valence-corrected chi connectivity index (χ3v) is 6.05. The highest BCUT2D eigenvalue weighted by Gasteiger charge is 2.32. The van der Waals surface area contributed by atoms with Crippen LogP contribution in [0.4, 0.5) is 0 Å². The quantitative estimate of drug-likeness (QED) is 0.512. The Morgan fingerprint density at radius 2 is 1.12 bits per heavy atom. The van der Waals surface area contributed by atoms with Crippen LogP contribution in [0.3, 0.4) is 0 Å². The van der Waals surface area contributed by atoms with Gasteiger partial charge in [-0.15, -0.1) is 0 Å². The molecule has 0 bridgehead atoms. The molecule has 0 fully saturated rings. The zero-order chi connectivity index (χ0) is 17.4. The highest BCUT2D eigenvalue weighted by atomic mass is 31.2. The molecule has 0 heterocycles. The largest absolute Gasteiger partial charge is 0.322 e. The minimum absolute atomic E-state index is 0.200. The maximum atomic E-state index is 6.00. The van der Waals surface area contributed by atoms with E-state index in [1.54, 1.807) is 0 Å². The molecule has 0 N–H and O–H groups in total. The van der Waals surface area contributed by atoms with Crippen LogP contribution in [0, 0.1) is 0 Å². The van der Waals surface area contributed by atoms with Gasteiger partial charge in [0.2, 0.25) is 0 Å². The Bertz CT molecular complexity index is 527. The minimum Gasteiger partial charge on any atom is -0.322 e. The molecule has 0 aliphatic carbocycles. The fourth-order valence-electron chi connectivity index (χ4n) is 2.78. The summed E-state index contributed by atoms with van der Waals surface area (Å²) in [7, 11) is -1.12. The van der Waals surface area contributed by atoms with Crippen molar-refractivity contribution in [2.75, 3.05) is 13.2 Å². The number of nitrogens with zero attached hydrogens (tertiary/aromatic N) is 1. The maximum absolute atomic E-state index is 6.00. The van der Waals surface area contributed by atoms with Crippen molar-refractivity contribution in [2.45, 2.75) is 39.8 Å². The van der Waals surface area contributed by atoms with E-state index < -0.39 is 8.53 Å². The van der Waals surface area contributed by atoms with Crippen molar-refractivity contribution in [3.8, 4) is 0 Å². The summed E-state index contributed by atoms with van der Waals surface area (Å²) in [5, 5.41) is 0. The van der Waals surface area contributed by atoms with E-state index in [9.17, 15) is 0 Å². The van der Waals surface area contributed by atoms with Crippen molar-refractivity contribution in [3.63, 3.8) is 0 Å². The average Bonchev–Trinajstić information content (AvgIpc) is 2.63. The molecular weight excluding hydrogens is 317 g/mol. The lowest BCUT2D eigenvalue weighted by molar-refractivity contribution is 0.175. The van der Waals surface area contributed by atoms with Gasteiger partial charge in [-0.05, 0) is 38.8 Å². The molecule has 130 valence electrons. The molecule has 2 rings (SSSR count). The van der Waals surface area contributed by atoms with Gasteiger partial charge in [0.25, 0.3) is 8.53 Å². The normalized spacial score (nSPS) is 14.1. The fraction of sp³-hybridized carbons (Fsp3) is 0.400. The standard InChI is InChI=1S/C20H28NO2P/c1-5-22-24(23-6-2)21(17(3)19-13-9-7-10-14-19)18(4)20-15-11-8-12-16-20/h7-18H,5-6H2,1-4H3. The van der Waals surface area contributed by atoms with E-state index in [4.69, 9.17) is 9.05 Å². The Labute approximate surface area is 147 Å². The molecule has 2 aromatic carbocycles. The lowest BCUT2D eigenvalue weighted by Crippen LogP contribution is -2.27. The van der Waals surface area contributed by atoms with Crippen LogP contribution in [-0.2, 0) is 9.05 Å². The molecule has 0 aliphatic heterocycles. The molecule has 3 nitrogen and oxygen atoms in total. The Balaban J connectivity index is 2.36. The van der Waals surface area contributed by atoms with Gasteiger partial charge in [-0.1, -0.05) is 60.7 Å². The second-order valence-corrected chi connectivity index (χ2v) is 7.08. The number of rotatable bonds is 9. The van der Waals surface area contributed by atoms with Gasteiger partial charge in [-0.2, -0.15) is 0 Å². The SMILES string of the molecule is CCOP(OCC)N(C(C)c1ccccc1)C(C)c1ccccc1. The van der Waals surface area contributed by atoms with Gasteiger partial charge in [0.05, 0.1) is 13.2 Å². The average molecular weight is 345 g/mol. The van der Waals surface area contributed by atoms with Crippen LogP contribution in [0.2, 0.25) is 0 Å². The van der Waals surface area contributed by atoms with Gasteiger partial charge in [0, 0.05) is 12.1 Å². The van der Waals surface area contributed by atoms with Crippen LogP contribution in [-0.4, -0.2) is 17.9 Å². The molecule has 0 radical (unpaired) electrons. The van der Waals surface area contributed by atoms with Crippen LogP contribution < -0.4 is 0 Å². The van der Waals surface area contributed by atoms with Crippen LogP contribution >= 0.6 is 8.53 Å². The maximum Gasteiger partial charge on any atom is 0.259 e. The van der Waals surface area contributed by atoms with E-state index in [-0.39, 0.29) is 12.1 Å². The van der Waals surface area contributed by atoms with E-state index in [0.717, 1.165) is 0 Å². The first-order valence-corrected chi connectivity index (χ1v) is 9.76. The molecule has 0 aromatic heterocycles. The predicted octanol–water partition coefficient (Wildman–Crippen LogP) is 6.11. The molecule has 0 amide bonds. The van der Waals surface area contributed by atoms with Crippen LogP contribution in [0.25, 0.3) is 0 Å². The molecule has 2 unspecified atom stereocenters. The van der Waals surface area contributed by atoms with Crippen LogP contribution in [0.15, 0.2) is 60.7 Å². The van der Waals surface area contributed by atoms with Crippen molar-refractivity contribution < 1.29 is 9.05 Å². The van der Waals surface area contributed by atoms with Crippen molar-refractivity contribution >= 4 is 8.53 Å². The van der Waals surface area contributed by atoms with Gasteiger partial charge < -0.3 is 9.05 Å². The second-order valence-electron chi connectivity index (χ2n) is 5.63. The molecular formula is C20H28NO2P. The van der Waals surface area contributed by atoms with E-state index in [1.165, 1.54) is 11.1 Å². The van der Waals surface area contributed by atoms with Crippen LogP contribution in [0.5, 0.6) is 0 Å². The van der Waals surface area contributed by atoms with Gasteiger partial charge in [-0.25, -0.2) is 4.67 Å². The summed E-state index contributed by atoms with van der Waals surface area (Å²) in [6.45, 7) is 9.78. The molecule has 24 heavy (non-hydrogen) atoms. The van der Waals surface area contributed by atoms with E-state index in [2.05, 4.69) is 79.2 Å². The van der Waals surface area contributed by atoms with Crippen molar-refractivity contribution in [2.24, 2.45) is 0 Å². The third kappa shape index (κ3) is 4.87. The summed E-state index contributed by atoms with van der Waals surface area (Å²) in [5.41, 5.74) is 2.54. The predicted molar refractivity (Wildman–Crippen MR) is 102 cm³/mol. The van der Waals surface area contributed by atoms with Crippen molar-refractivity contribution in [1.82, 2.24) is 4.67 Å². The first-order chi connectivity index (χ1) is 11.7. The van der Waals surface area contributed by atoms with Gasteiger partial charge in [0.1, 0.15) is 0 Å².